The number of hydrazine groups is 1. The van der Waals surface area contributed by atoms with Crippen LogP contribution in [0.15, 0.2) is 30.9 Å². The van der Waals surface area contributed by atoms with E-state index in [1.54, 1.807) is 6.07 Å². The van der Waals surface area contributed by atoms with Gasteiger partial charge in [0.15, 0.2) is 0 Å². The maximum Gasteiger partial charge on any atom is 0.0453 e. The molecule has 2 nitrogen and oxygen atoms in total. The van der Waals surface area contributed by atoms with Gasteiger partial charge in [0.25, 0.3) is 0 Å². The lowest BCUT2D eigenvalue weighted by molar-refractivity contribution is 0.495. The first kappa shape index (κ1) is 13.5. The smallest absolute Gasteiger partial charge is 0.0453 e. The van der Waals surface area contributed by atoms with Crippen molar-refractivity contribution in [3.05, 3.63) is 46.5 Å². The Balaban J connectivity index is 2.66. The van der Waals surface area contributed by atoms with Gasteiger partial charge in [0.2, 0.25) is 0 Å². The van der Waals surface area contributed by atoms with Gasteiger partial charge < -0.3 is 0 Å². The maximum absolute atomic E-state index is 6.09. The van der Waals surface area contributed by atoms with Gasteiger partial charge in [0, 0.05) is 16.1 Å². The third kappa shape index (κ3) is 4.14. The number of rotatable bonds is 6. The summed E-state index contributed by atoms with van der Waals surface area (Å²) in [6.45, 7) is 3.69. The Bertz CT molecular complexity index is 353. The largest absolute Gasteiger partial charge is 0.271 e. The molecule has 0 saturated carbocycles. The van der Waals surface area contributed by atoms with Crippen molar-refractivity contribution in [3.63, 3.8) is 0 Å². The maximum atomic E-state index is 6.09. The second kappa shape index (κ2) is 6.92. The van der Waals surface area contributed by atoms with Crippen LogP contribution in [0.5, 0.6) is 0 Å². The molecule has 0 fully saturated rings. The van der Waals surface area contributed by atoms with Crippen LogP contribution in [0.25, 0.3) is 0 Å². The van der Waals surface area contributed by atoms with Crippen LogP contribution in [0.2, 0.25) is 10.0 Å². The van der Waals surface area contributed by atoms with Gasteiger partial charge in [-0.3, -0.25) is 11.3 Å². The molecule has 0 bridgehead atoms. The summed E-state index contributed by atoms with van der Waals surface area (Å²) in [5, 5.41) is 1.34. The second-order valence-electron chi connectivity index (χ2n) is 3.67. The van der Waals surface area contributed by atoms with E-state index in [1.165, 1.54) is 0 Å². The van der Waals surface area contributed by atoms with Gasteiger partial charge >= 0.3 is 0 Å². The predicted octanol–water partition coefficient (Wildman–Crippen LogP) is 3.33. The Morgan fingerprint density at radius 2 is 2.19 bits per heavy atom. The number of hydrogen-bond donors (Lipinski definition) is 2. The third-order valence-corrected chi connectivity index (χ3v) is 3.02. The van der Waals surface area contributed by atoms with E-state index in [0.29, 0.717) is 10.0 Å². The lowest BCUT2D eigenvalue weighted by atomic mass is 10.0. The summed E-state index contributed by atoms with van der Waals surface area (Å²) < 4.78 is 0. The number of halogens is 2. The number of nitrogens with two attached hydrogens (primary N) is 1. The number of nitrogens with one attached hydrogen (secondary N) is 1. The Kier molecular flexibility index (Phi) is 5.85. The van der Waals surface area contributed by atoms with Crippen LogP contribution in [0.3, 0.4) is 0 Å². The van der Waals surface area contributed by atoms with E-state index in [2.05, 4.69) is 12.0 Å². The Morgan fingerprint density at radius 1 is 1.44 bits per heavy atom. The quantitative estimate of drug-likeness (QED) is 0.467. The van der Waals surface area contributed by atoms with E-state index < -0.39 is 0 Å². The molecular weight excluding hydrogens is 243 g/mol. The molecule has 0 amide bonds. The molecular formula is C12H16Cl2N2. The minimum Gasteiger partial charge on any atom is -0.271 e. The molecule has 1 aromatic carbocycles. The summed E-state index contributed by atoms with van der Waals surface area (Å²) in [6, 6.07) is 5.73. The summed E-state index contributed by atoms with van der Waals surface area (Å²) in [5.41, 5.74) is 3.84. The van der Waals surface area contributed by atoms with E-state index in [9.17, 15) is 0 Å². The van der Waals surface area contributed by atoms with Crippen molar-refractivity contribution in [2.24, 2.45) is 5.84 Å². The number of benzene rings is 1. The van der Waals surface area contributed by atoms with E-state index in [0.717, 1.165) is 24.8 Å². The Hall–Kier alpha value is -0.540. The summed E-state index contributed by atoms with van der Waals surface area (Å²) in [4.78, 5) is 0. The first-order chi connectivity index (χ1) is 7.67. The topological polar surface area (TPSA) is 38.0 Å². The molecule has 0 saturated heterocycles. The fourth-order valence-corrected chi connectivity index (χ4v) is 2.00. The normalized spacial score (nSPS) is 12.4. The van der Waals surface area contributed by atoms with E-state index in [4.69, 9.17) is 29.0 Å². The number of hydrogen-bond acceptors (Lipinski definition) is 2. The van der Waals surface area contributed by atoms with Crippen molar-refractivity contribution in [1.29, 1.82) is 0 Å². The molecule has 1 aromatic rings. The van der Waals surface area contributed by atoms with Crippen LogP contribution in [0, 0.1) is 0 Å². The van der Waals surface area contributed by atoms with E-state index in [1.807, 2.05) is 18.2 Å². The van der Waals surface area contributed by atoms with Gasteiger partial charge in [-0.1, -0.05) is 35.3 Å². The molecule has 1 unspecified atom stereocenters. The van der Waals surface area contributed by atoms with Gasteiger partial charge in [-0.15, -0.1) is 6.58 Å². The Labute approximate surface area is 106 Å². The van der Waals surface area contributed by atoms with Crippen molar-refractivity contribution < 1.29 is 0 Å². The highest BCUT2D eigenvalue weighted by Crippen LogP contribution is 2.22. The lowest BCUT2D eigenvalue weighted by Crippen LogP contribution is -2.36. The molecule has 1 atom stereocenters. The predicted molar refractivity (Wildman–Crippen MR) is 70.7 cm³/mol. The van der Waals surface area contributed by atoms with Crippen LogP contribution in [-0.2, 0) is 6.42 Å². The molecule has 0 aliphatic heterocycles. The first-order valence-corrected chi connectivity index (χ1v) is 5.94. The van der Waals surface area contributed by atoms with Crippen molar-refractivity contribution in [2.75, 3.05) is 0 Å². The van der Waals surface area contributed by atoms with Crippen LogP contribution in [-0.4, -0.2) is 6.04 Å². The molecule has 0 aliphatic carbocycles. The molecule has 0 aromatic heterocycles. The fraction of sp³-hybridized carbons (Fsp3) is 0.333. The van der Waals surface area contributed by atoms with E-state index in [-0.39, 0.29) is 6.04 Å². The highest BCUT2D eigenvalue weighted by atomic mass is 35.5. The first-order valence-electron chi connectivity index (χ1n) is 5.18. The van der Waals surface area contributed by atoms with Crippen LogP contribution < -0.4 is 11.3 Å². The molecule has 0 spiro atoms. The van der Waals surface area contributed by atoms with Gasteiger partial charge in [-0.2, -0.15) is 0 Å². The van der Waals surface area contributed by atoms with Gasteiger partial charge in [0.05, 0.1) is 0 Å². The monoisotopic (exact) mass is 258 g/mol. The second-order valence-corrected chi connectivity index (χ2v) is 4.51. The molecule has 3 N–H and O–H groups in total. The van der Waals surface area contributed by atoms with Gasteiger partial charge in [-0.05, 0) is 37.0 Å². The molecule has 0 heterocycles. The van der Waals surface area contributed by atoms with Gasteiger partial charge in [0.1, 0.15) is 0 Å². The summed E-state index contributed by atoms with van der Waals surface area (Å²) in [7, 11) is 0. The van der Waals surface area contributed by atoms with E-state index >= 15 is 0 Å². The molecule has 16 heavy (non-hydrogen) atoms. The number of allylic oxidation sites excluding steroid dienone is 1. The third-order valence-electron chi connectivity index (χ3n) is 2.44. The zero-order chi connectivity index (χ0) is 12.0. The summed E-state index contributed by atoms with van der Waals surface area (Å²) in [5.74, 6) is 5.49. The average Bonchev–Trinajstić information content (AvgIpc) is 2.27. The lowest BCUT2D eigenvalue weighted by Gasteiger charge is -2.15. The zero-order valence-electron chi connectivity index (χ0n) is 9.05. The molecule has 0 aliphatic rings. The van der Waals surface area contributed by atoms with Gasteiger partial charge in [-0.25, -0.2) is 0 Å². The highest BCUT2D eigenvalue weighted by molar-refractivity contribution is 6.35. The standard InChI is InChI=1S/C12H16Cl2N2/c1-2-3-4-11(16-15)7-9-5-6-10(13)8-12(9)14/h2,5-6,8,11,16H,1,3-4,7,15H2. The molecule has 0 radical (unpaired) electrons. The Morgan fingerprint density at radius 3 is 2.75 bits per heavy atom. The van der Waals surface area contributed by atoms with Crippen molar-refractivity contribution >= 4 is 23.2 Å². The minimum absolute atomic E-state index is 0.205. The fourth-order valence-electron chi connectivity index (χ4n) is 1.52. The SMILES string of the molecule is C=CCCC(Cc1ccc(Cl)cc1Cl)NN. The summed E-state index contributed by atoms with van der Waals surface area (Å²) in [6.07, 6.45) is 4.55. The van der Waals surface area contributed by atoms with Crippen molar-refractivity contribution in [1.82, 2.24) is 5.43 Å². The van der Waals surface area contributed by atoms with Crippen LogP contribution in [0.1, 0.15) is 18.4 Å². The van der Waals surface area contributed by atoms with Crippen molar-refractivity contribution in [2.45, 2.75) is 25.3 Å². The molecule has 88 valence electrons. The molecule has 4 heteroatoms. The van der Waals surface area contributed by atoms with Crippen molar-refractivity contribution in [3.8, 4) is 0 Å². The van der Waals surface area contributed by atoms with Crippen LogP contribution >= 0.6 is 23.2 Å². The average molecular weight is 259 g/mol. The molecule has 1 rings (SSSR count). The zero-order valence-corrected chi connectivity index (χ0v) is 10.6. The minimum atomic E-state index is 0.205. The van der Waals surface area contributed by atoms with Crippen LogP contribution in [0.4, 0.5) is 0 Å². The summed E-state index contributed by atoms with van der Waals surface area (Å²) >= 11 is 11.9. The highest BCUT2D eigenvalue weighted by Gasteiger charge is 2.09.